The lowest BCUT2D eigenvalue weighted by Gasteiger charge is -2.23. The van der Waals surface area contributed by atoms with Gasteiger partial charge in [0.1, 0.15) is 6.54 Å². The Bertz CT molecular complexity index is 368. The number of nitrogens with zero attached hydrogens (tertiary/aromatic N) is 3. The fraction of sp³-hybridized carbons (Fsp3) is 0.444. The molecule has 0 aromatic carbocycles. The number of alkyl halides is 3. The molecule has 94 valence electrons. The first kappa shape index (κ1) is 13.4. The van der Waals surface area contributed by atoms with Crippen molar-refractivity contribution in [2.24, 2.45) is 5.73 Å². The predicted molar refractivity (Wildman–Crippen MR) is 53.0 cm³/mol. The maximum atomic E-state index is 12.2. The Balaban J connectivity index is 2.81. The van der Waals surface area contributed by atoms with E-state index < -0.39 is 18.6 Å². The molecule has 0 radical (unpaired) electrons. The molecule has 5 nitrogen and oxygen atoms in total. The molecule has 0 aliphatic carbocycles. The fourth-order valence-corrected chi connectivity index (χ4v) is 1.22. The lowest BCUT2D eigenvalue weighted by Crippen LogP contribution is -2.41. The normalized spacial score (nSPS) is 11.3. The van der Waals surface area contributed by atoms with Crippen LogP contribution in [0.1, 0.15) is 10.4 Å². The van der Waals surface area contributed by atoms with E-state index in [-0.39, 0.29) is 18.7 Å². The number of hydrogen-bond acceptors (Lipinski definition) is 4. The number of hydrogen-bond donors (Lipinski definition) is 1. The van der Waals surface area contributed by atoms with Gasteiger partial charge >= 0.3 is 6.18 Å². The van der Waals surface area contributed by atoms with Crippen molar-refractivity contribution in [3.63, 3.8) is 0 Å². The highest BCUT2D eigenvalue weighted by atomic mass is 19.4. The highest BCUT2D eigenvalue weighted by molar-refractivity contribution is 5.93. The molecule has 1 amide bonds. The summed E-state index contributed by atoms with van der Waals surface area (Å²) in [5.74, 6) is -0.761. The van der Waals surface area contributed by atoms with E-state index in [0.29, 0.717) is 4.90 Å². The van der Waals surface area contributed by atoms with Gasteiger partial charge in [-0.15, -0.1) is 0 Å². The molecule has 17 heavy (non-hydrogen) atoms. The number of nitrogens with two attached hydrogens (primary N) is 1. The van der Waals surface area contributed by atoms with Crippen LogP contribution in [0.5, 0.6) is 0 Å². The first-order valence-corrected chi connectivity index (χ1v) is 4.77. The van der Waals surface area contributed by atoms with Crippen molar-refractivity contribution >= 4 is 5.91 Å². The summed E-state index contributed by atoms with van der Waals surface area (Å²) < 4.78 is 36.7. The molecular weight excluding hydrogens is 237 g/mol. The maximum absolute atomic E-state index is 12.2. The molecule has 0 atom stereocenters. The standard InChI is InChI=1S/C9H11F3N4O/c10-9(11,12)6-16(4-2-13)8(17)7-1-3-14-15-5-7/h1,3,5H,2,4,6,13H2. The average Bonchev–Trinajstić information content (AvgIpc) is 2.27. The van der Waals surface area contributed by atoms with Gasteiger partial charge in [-0.3, -0.25) is 4.79 Å². The van der Waals surface area contributed by atoms with Crippen LogP contribution in [0, 0.1) is 0 Å². The van der Waals surface area contributed by atoms with Crippen molar-refractivity contribution in [2.45, 2.75) is 6.18 Å². The van der Waals surface area contributed by atoms with E-state index in [1.54, 1.807) is 0 Å². The van der Waals surface area contributed by atoms with Gasteiger partial charge in [0.25, 0.3) is 5.91 Å². The summed E-state index contributed by atoms with van der Waals surface area (Å²) in [4.78, 5) is 12.4. The predicted octanol–water partition coefficient (Wildman–Crippen LogP) is 0.440. The summed E-state index contributed by atoms with van der Waals surface area (Å²) in [7, 11) is 0. The van der Waals surface area contributed by atoms with Gasteiger partial charge in [-0.05, 0) is 6.07 Å². The third-order valence-corrected chi connectivity index (χ3v) is 1.89. The van der Waals surface area contributed by atoms with Crippen LogP contribution < -0.4 is 5.73 Å². The number of carbonyl (C=O) groups is 1. The second-order valence-corrected chi connectivity index (χ2v) is 3.26. The van der Waals surface area contributed by atoms with Crippen LogP contribution in [0.15, 0.2) is 18.5 Å². The maximum Gasteiger partial charge on any atom is 0.406 e. The van der Waals surface area contributed by atoms with E-state index in [0.717, 1.165) is 6.20 Å². The minimum atomic E-state index is -4.45. The molecule has 2 N–H and O–H groups in total. The summed E-state index contributed by atoms with van der Waals surface area (Å²) in [6, 6.07) is 1.30. The SMILES string of the molecule is NCCN(CC(F)(F)F)C(=O)c1ccnnc1. The van der Waals surface area contributed by atoms with Gasteiger partial charge in [0.15, 0.2) is 0 Å². The molecule has 0 saturated carbocycles. The number of halogens is 3. The summed E-state index contributed by atoms with van der Waals surface area (Å²) in [5, 5.41) is 6.87. The van der Waals surface area contributed by atoms with E-state index in [2.05, 4.69) is 10.2 Å². The Labute approximate surface area is 95.4 Å². The molecule has 0 spiro atoms. The number of rotatable bonds is 4. The quantitative estimate of drug-likeness (QED) is 0.839. The summed E-state index contributed by atoms with van der Waals surface area (Å²) in [6.07, 6.45) is -2.10. The van der Waals surface area contributed by atoms with Gasteiger partial charge in [-0.1, -0.05) is 0 Å². The summed E-state index contributed by atoms with van der Waals surface area (Å²) >= 11 is 0. The van der Waals surface area contributed by atoms with Crippen LogP contribution in [0.3, 0.4) is 0 Å². The zero-order valence-corrected chi connectivity index (χ0v) is 8.81. The number of amides is 1. The Hall–Kier alpha value is -1.70. The zero-order chi connectivity index (χ0) is 12.9. The molecule has 1 aromatic heterocycles. The number of carbonyl (C=O) groups excluding carboxylic acids is 1. The minimum Gasteiger partial charge on any atom is -0.329 e. The molecule has 0 saturated heterocycles. The molecule has 8 heteroatoms. The van der Waals surface area contributed by atoms with E-state index in [1.165, 1.54) is 12.3 Å². The Morgan fingerprint density at radius 3 is 2.59 bits per heavy atom. The van der Waals surface area contributed by atoms with Gasteiger partial charge in [-0.2, -0.15) is 23.4 Å². The van der Waals surface area contributed by atoms with Crippen LogP contribution in [0.4, 0.5) is 13.2 Å². The van der Waals surface area contributed by atoms with Crippen LogP contribution in [0.2, 0.25) is 0 Å². The summed E-state index contributed by atoms with van der Waals surface area (Å²) in [5.41, 5.74) is 5.23. The molecule has 0 bridgehead atoms. The van der Waals surface area contributed by atoms with Crippen molar-refractivity contribution in [1.29, 1.82) is 0 Å². The van der Waals surface area contributed by atoms with Crippen LogP contribution >= 0.6 is 0 Å². The van der Waals surface area contributed by atoms with Gasteiger partial charge in [0.05, 0.1) is 18.0 Å². The van der Waals surface area contributed by atoms with Crippen LogP contribution in [0.25, 0.3) is 0 Å². The third-order valence-electron chi connectivity index (χ3n) is 1.89. The second kappa shape index (κ2) is 5.58. The van der Waals surface area contributed by atoms with E-state index in [4.69, 9.17) is 5.73 Å². The van der Waals surface area contributed by atoms with Crippen molar-refractivity contribution in [3.05, 3.63) is 24.0 Å². The van der Waals surface area contributed by atoms with Gasteiger partial charge in [-0.25, -0.2) is 0 Å². The van der Waals surface area contributed by atoms with Crippen molar-refractivity contribution in [2.75, 3.05) is 19.6 Å². The van der Waals surface area contributed by atoms with E-state index in [9.17, 15) is 18.0 Å². The highest BCUT2D eigenvalue weighted by Crippen LogP contribution is 2.17. The largest absolute Gasteiger partial charge is 0.406 e. The molecular formula is C9H11F3N4O. The molecule has 1 heterocycles. The first-order chi connectivity index (χ1) is 7.94. The molecule has 0 unspecified atom stereocenters. The van der Waals surface area contributed by atoms with Crippen molar-refractivity contribution in [1.82, 2.24) is 15.1 Å². The smallest absolute Gasteiger partial charge is 0.329 e. The van der Waals surface area contributed by atoms with Gasteiger partial charge in [0.2, 0.25) is 0 Å². The molecule has 0 aliphatic heterocycles. The number of aromatic nitrogens is 2. The zero-order valence-electron chi connectivity index (χ0n) is 8.81. The lowest BCUT2D eigenvalue weighted by atomic mass is 10.2. The molecule has 1 rings (SSSR count). The molecule has 0 aliphatic rings. The van der Waals surface area contributed by atoms with Crippen LogP contribution in [-0.2, 0) is 0 Å². The minimum absolute atomic E-state index is 0.0413. The average molecular weight is 248 g/mol. The highest BCUT2D eigenvalue weighted by Gasteiger charge is 2.33. The Kier molecular flexibility index (Phi) is 4.38. The van der Waals surface area contributed by atoms with Crippen molar-refractivity contribution < 1.29 is 18.0 Å². The first-order valence-electron chi connectivity index (χ1n) is 4.77. The lowest BCUT2D eigenvalue weighted by molar-refractivity contribution is -0.140. The molecule has 1 aromatic rings. The van der Waals surface area contributed by atoms with Crippen molar-refractivity contribution in [3.8, 4) is 0 Å². The Morgan fingerprint density at radius 1 is 1.41 bits per heavy atom. The van der Waals surface area contributed by atoms with Gasteiger partial charge in [0, 0.05) is 13.1 Å². The van der Waals surface area contributed by atoms with E-state index >= 15 is 0 Å². The third kappa shape index (κ3) is 4.35. The van der Waals surface area contributed by atoms with Crippen LogP contribution in [-0.4, -0.2) is 46.8 Å². The topological polar surface area (TPSA) is 72.1 Å². The monoisotopic (exact) mass is 248 g/mol. The van der Waals surface area contributed by atoms with Gasteiger partial charge < -0.3 is 10.6 Å². The Morgan fingerprint density at radius 2 is 2.12 bits per heavy atom. The van der Waals surface area contributed by atoms with E-state index in [1.807, 2.05) is 0 Å². The summed E-state index contributed by atoms with van der Waals surface area (Å²) in [6.45, 7) is -1.54. The second-order valence-electron chi connectivity index (χ2n) is 3.26. The molecule has 0 fully saturated rings. The fourth-order valence-electron chi connectivity index (χ4n) is 1.22.